The fraction of sp³-hybridized carbons (Fsp3) is 0.524. The van der Waals surface area contributed by atoms with Crippen molar-refractivity contribution in [2.45, 2.75) is 45.6 Å². The minimum Gasteiger partial charge on any atom is -0.496 e. The van der Waals surface area contributed by atoms with E-state index in [-0.39, 0.29) is 11.7 Å². The van der Waals surface area contributed by atoms with Crippen LogP contribution >= 0.6 is 11.3 Å². The van der Waals surface area contributed by atoms with E-state index in [4.69, 9.17) is 4.74 Å². The lowest BCUT2D eigenvalue weighted by Gasteiger charge is -2.33. The Hall–Kier alpha value is -1.99. The number of carbonyl (C=O) groups is 1. The fourth-order valence-corrected chi connectivity index (χ4v) is 4.63. The van der Waals surface area contributed by atoms with Crippen molar-refractivity contribution < 1.29 is 13.9 Å². The second kappa shape index (κ2) is 9.47. The largest absolute Gasteiger partial charge is 0.496 e. The molecule has 0 bridgehead atoms. The van der Waals surface area contributed by atoms with E-state index in [1.807, 2.05) is 0 Å². The highest BCUT2D eigenvalue weighted by Gasteiger charge is 2.20. The van der Waals surface area contributed by atoms with E-state index < -0.39 is 0 Å². The average Bonchev–Trinajstić information content (AvgIpc) is 3.08. The summed E-state index contributed by atoms with van der Waals surface area (Å²) in [5.41, 5.74) is 1.21. The van der Waals surface area contributed by atoms with Gasteiger partial charge >= 0.3 is 0 Å². The number of halogens is 1. The second-order valence-corrected chi connectivity index (χ2v) is 8.27. The number of aromatic nitrogens is 1. The average molecular weight is 406 g/mol. The number of methoxy groups -OCH3 is 1. The zero-order valence-electron chi connectivity index (χ0n) is 16.8. The molecule has 1 fully saturated rings. The van der Waals surface area contributed by atoms with Crippen LogP contribution in [0, 0.1) is 12.7 Å². The molecule has 0 radical (unpaired) electrons. The van der Waals surface area contributed by atoms with E-state index in [0.29, 0.717) is 39.5 Å². The van der Waals surface area contributed by atoms with E-state index in [0.717, 1.165) is 19.5 Å². The number of carbonyl (C=O) groups excluding carboxylic acids is 1. The summed E-state index contributed by atoms with van der Waals surface area (Å²) < 4.78 is 19.0. The van der Waals surface area contributed by atoms with Crippen molar-refractivity contribution in [3.63, 3.8) is 0 Å². The van der Waals surface area contributed by atoms with Gasteiger partial charge in [0, 0.05) is 19.1 Å². The highest BCUT2D eigenvalue weighted by Crippen LogP contribution is 2.35. The Labute approximate surface area is 169 Å². The Bertz CT molecular complexity index is 824. The summed E-state index contributed by atoms with van der Waals surface area (Å²) in [5.74, 6) is 0.0580. The Morgan fingerprint density at radius 1 is 1.43 bits per heavy atom. The number of ether oxygens (including phenoxy) is 1. The molecular formula is C21H28FN3O2S. The molecule has 1 saturated heterocycles. The number of nitrogens with one attached hydrogen (secondary N) is 1. The van der Waals surface area contributed by atoms with Crippen LogP contribution in [0.3, 0.4) is 0 Å². The number of thiazole rings is 1. The number of benzene rings is 1. The van der Waals surface area contributed by atoms with Crippen LogP contribution in [0.2, 0.25) is 0 Å². The van der Waals surface area contributed by atoms with Gasteiger partial charge in [0.25, 0.3) is 5.91 Å². The third-order valence-electron chi connectivity index (χ3n) is 5.24. The molecule has 1 N–H and O–H groups in total. The van der Waals surface area contributed by atoms with Crippen molar-refractivity contribution in [3.8, 4) is 16.3 Å². The van der Waals surface area contributed by atoms with Gasteiger partial charge in [-0.15, -0.1) is 11.3 Å². The molecule has 3 rings (SSSR count). The first-order valence-corrected chi connectivity index (χ1v) is 10.6. The molecule has 152 valence electrons. The summed E-state index contributed by atoms with van der Waals surface area (Å²) in [7, 11) is 1.54. The molecule has 1 amide bonds. The molecular weight excluding hydrogens is 377 g/mol. The monoisotopic (exact) mass is 405 g/mol. The van der Waals surface area contributed by atoms with Crippen molar-refractivity contribution in [1.29, 1.82) is 0 Å². The van der Waals surface area contributed by atoms with Crippen LogP contribution in [-0.2, 0) is 0 Å². The SMILES string of the molecule is COc1ccc(F)cc1-c1nc(C)c(C(=O)NCCCN2CCCCC2C)s1. The summed E-state index contributed by atoms with van der Waals surface area (Å²) in [4.78, 5) is 20.1. The number of rotatable bonds is 7. The lowest BCUT2D eigenvalue weighted by Crippen LogP contribution is -2.39. The first kappa shape index (κ1) is 20.7. The van der Waals surface area contributed by atoms with Gasteiger partial charge in [0.1, 0.15) is 21.5 Å². The van der Waals surface area contributed by atoms with Crippen LogP contribution in [0.4, 0.5) is 4.39 Å². The smallest absolute Gasteiger partial charge is 0.263 e. The molecule has 1 aliphatic heterocycles. The van der Waals surface area contributed by atoms with Crippen LogP contribution in [0.15, 0.2) is 18.2 Å². The first-order chi connectivity index (χ1) is 13.5. The summed E-state index contributed by atoms with van der Waals surface area (Å²) in [5, 5.41) is 3.58. The molecule has 1 aromatic carbocycles. The zero-order chi connectivity index (χ0) is 20.1. The topological polar surface area (TPSA) is 54.5 Å². The van der Waals surface area contributed by atoms with Crippen molar-refractivity contribution in [3.05, 3.63) is 34.6 Å². The Morgan fingerprint density at radius 2 is 2.25 bits per heavy atom. The molecule has 2 heterocycles. The third kappa shape index (κ3) is 4.89. The summed E-state index contributed by atoms with van der Waals surface area (Å²) in [6.45, 7) is 6.88. The van der Waals surface area contributed by atoms with Gasteiger partial charge in [-0.05, 0) is 57.9 Å². The normalized spacial score (nSPS) is 17.5. The Balaban J connectivity index is 1.60. The maximum absolute atomic E-state index is 13.7. The predicted molar refractivity (Wildman–Crippen MR) is 111 cm³/mol. The van der Waals surface area contributed by atoms with Crippen LogP contribution in [-0.4, -0.2) is 48.6 Å². The van der Waals surface area contributed by atoms with Crippen LogP contribution < -0.4 is 10.1 Å². The van der Waals surface area contributed by atoms with Crippen LogP contribution in [0.1, 0.15) is 48.0 Å². The van der Waals surface area contributed by atoms with E-state index in [1.165, 1.54) is 49.8 Å². The number of aryl methyl sites for hydroxylation is 1. The minimum absolute atomic E-state index is 0.122. The maximum atomic E-state index is 13.7. The zero-order valence-corrected chi connectivity index (χ0v) is 17.6. The molecule has 5 nitrogen and oxygen atoms in total. The fourth-order valence-electron chi connectivity index (χ4n) is 3.62. The number of amides is 1. The number of hydrogen-bond donors (Lipinski definition) is 1. The Morgan fingerprint density at radius 3 is 3.00 bits per heavy atom. The highest BCUT2D eigenvalue weighted by molar-refractivity contribution is 7.17. The van der Waals surface area contributed by atoms with Crippen LogP contribution in [0.25, 0.3) is 10.6 Å². The van der Waals surface area contributed by atoms with Gasteiger partial charge in [-0.2, -0.15) is 0 Å². The quantitative estimate of drug-likeness (QED) is 0.700. The standard InChI is InChI=1S/C21H28FN3O2S/c1-14-7-4-5-11-25(14)12-6-10-23-20(26)19-15(2)24-21(28-19)17-13-16(22)8-9-18(17)27-3/h8-9,13-14H,4-7,10-12H2,1-3H3,(H,23,26). The molecule has 1 atom stereocenters. The van der Waals surface area contributed by atoms with Gasteiger partial charge < -0.3 is 15.0 Å². The number of hydrogen-bond acceptors (Lipinski definition) is 5. The molecule has 1 unspecified atom stereocenters. The van der Waals surface area contributed by atoms with Gasteiger partial charge in [0.15, 0.2) is 0 Å². The molecule has 7 heteroatoms. The molecule has 1 aromatic heterocycles. The lowest BCUT2D eigenvalue weighted by molar-refractivity contribution is 0.0952. The van der Waals surface area contributed by atoms with Crippen molar-refractivity contribution >= 4 is 17.2 Å². The van der Waals surface area contributed by atoms with Gasteiger partial charge in [-0.25, -0.2) is 9.37 Å². The van der Waals surface area contributed by atoms with E-state index in [1.54, 1.807) is 13.0 Å². The molecule has 2 aromatic rings. The first-order valence-electron chi connectivity index (χ1n) is 9.83. The number of piperidine rings is 1. The highest BCUT2D eigenvalue weighted by atomic mass is 32.1. The summed E-state index contributed by atoms with van der Waals surface area (Å²) >= 11 is 1.27. The van der Waals surface area contributed by atoms with Gasteiger partial charge in [-0.1, -0.05) is 6.42 Å². The van der Waals surface area contributed by atoms with Crippen LogP contribution in [0.5, 0.6) is 5.75 Å². The molecule has 28 heavy (non-hydrogen) atoms. The number of nitrogens with zero attached hydrogens (tertiary/aromatic N) is 2. The summed E-state index contributed by atoms with van der Waals surface area (Å²) in [6, 6.07) is 4.94. The van der Waals surface area contributed by atoms with Gasteiger partial charge in [-0.3, -0.25) is 4.79 Å². The lowest BCUT2D eigenvalue weighted by atomic mass is 10.0. The third-order valence-corrected chi connectivity index (χ3v) is 6.43. The minimum atomic E-state index is -0.360. The molecule has 1 aliphatic rings. The van der Waals surface area contributed by atoms with E-state index in [2.05, 4.69) is 22.1 Å². The predicted octanol–water partition coefficient (Wildman–Crippen LogP) is 4.26. The van der Waals surface area contributed by atoms with E-state index in [9.17, 15) is 9.18 Å². The van der Waals surface area contributed by atoms with Crippen molar-refractivity contribution in [1.82, 2.24) is 15.2 Å². The molecule has 0 saturated carbocycles. The maximum Gasteiger partial charge on any atom is 0.263 e. The number of likely N-dealkylation sites (tertiary alicyclic amines) is 1. The van der Waals surface area contributed by atoms with Crippen molar-refractivity contribution in [2.75, 3.05) is 26.7 Å². The van der Waals surface area contributed by atoms with Crippen molar-refractivity contribution in [2.24, 2.45) is 0 Å². The van der Waals surface area contributed by atoms with E-state index >= 15 is 0 Å². The van der Waals surface area contributed by atoms with Gasteiger partial charge in [0.05, 0.1) is 18.4 Å². The Kier molecular flexibility index (Phi) is 7.02. The molecule has 0 spiro atoms. The van der Waals surface area contributed by atoms with Gasteiger partial charge in [0.2, 0.25) is 0 Å². The molecule has 0 aliphatic carbocycles. The summed E-state index contributed by atoms with van der Waals surface area (Å²) in [6.07, 6.45) is 4.78. The second-order valence-electron chi connectivity index (χ2n) is 7.27.